The molecule has 0 aromatic rings. The van der Waals surface area contributed by atoms with E-state index in [0.717, 1.165) is 51.4 Å². The highest BCUT2D eigenvalue weighted by molar-refractivity contribution is 5.82. The monoisotopic (exact) mass is 352 g/mol. The van der Waals surface area contributed by atoms with Gasteiger partial charge in [-0.15, -0.1) is 0 Å². The van der Waals surface area contributed by atoms with Crippen molar-refractivity contribution < 1.29 is 19.7 Å². The Hall–Kier alpha value is -1.39. The Balaban J connectivity index is 3.54. The first-order valence-corrected chi connectivity index (χ1v) is 9.55. The topological polar surface area (TPSA) is 66.8 Å². The number of hydrogen-bond donors (Lipinski definition) is 2. The van der Waals surface area contributed by atoms with Gasteiger partial charge in [0.15, 0.2) is 0 Å². The summed E-state index contributed by atoms with van der Waals surface area (Å²) in [5, 5.41) is 19.8. The van der Waals surface area contributed by atoms with Crippen molar-refractivity contribution in [1.29, 1.82) is 0 Å². The van der Waals surface area contributed by atoms with Crippen LogP contribution in [0.4, 0.5) is 0 Å². The number of methoxy groups -OCH3 is 1. The number of unbranched alkanes of at least 4 members (excludes halogenated alkanes) is 6. The summed E-state index contributed by atoms with van der Waals surface area (Å²) in [6.07, 6.45) is 19.6. The van der Waals surface area contributed by atoms with Gasteiger partial charge in [-0.05, 0) is 25.7 Å². The second-order valence-electron chi connectivity index (χ2n) is 6.32. The summed E-state index contributed by atoms with van der Waals surface area (Å²) in [6, 6.07) is 0. The number of hydrogen-bond acceptors (Lipinski definition) is 4. The van der Waals surface area contributed by atoms with Gasteiger partial charge >= 0.3 is 5.97 Å². The van der Waals surface area contributed by atoms with Crippen LogP contribution in [0.2, 0.25) is 0 Å². The largest absolute Gasteiger partial charge is 0.466 e. The van der Waals surface area contributed by atoms with Crippen molar-refractivity contribution in [3.8, 4) is 0 Å². The molecule has 0 heterocycles. The molecule has 0 aliphatic heterocycles. The number of rotatable bonds is 15. The molecule has 0 aliphatic carbocycles. The Morgan fingerprint density at radius 2 is 1.48 bits per heavy atom. The molecule has 2 atom stereocenters. The number of carbonyl (C=O) groups is 1. The minimum atomic E-state index is -0.570. The van der Waals surface area contributed by atoms with Crippen LogP contribution in [-0.4, -0.2) is 35.5 Å². The molecule has 0 radical (unpaired) electrons. The average Bonchev–Trinajstić information content (AvgIpc) is 2.62. The summed E-state index contributed by atoms with van der Waals surface area (Å²) in [4.78, 5) is 10.8. The molecular weight excluding hydrogens is 316 g/mol. The number of ether oxygens (including phenoxy) is 1. The highest BCUT2D eigenvalue weighted by Crippen LogP contribution is 2.13. The van der Waals surface area contributed by atoms with Crippen molar-refractivity contribution in [2.24, 2.45) is 0 Å². The van der Waals surface area contributed by atoms with Gasteiger partial charge in [-0.3, -0.25) is 0 Å². The van der Waals surface area contributed by atoms with E-state index >= 15 is 0 Å². The van der Waals surface area contributed by atoms with Crippen molar-refractivity contribution in [3.05, 3.63) is 36.5 Å². The SMILES string of the molecule is CCCCCC(O)C(O)CCCCCC/C=C/C=C/C=C/C(=O)OC. The molecule has 0 bridgehead atoms. The minimum Gasteiger partial charge on any atom is -0.466 e. The molecule has 2 N–H and O–H groups in total. The predicted octanol–water partition coefficient (Wildman–Crippen LogP) is 4.47. The minimum absolute atomic E-state index is 0.354. The maximum Gasteiger partial charge on any atom is 0.330 e. The van der Waals surface area contributed by atoms with Crippen molar-refractivity contribution in [1.82, 2.24) is 0 Å². The average molecular weight is 353 g/mol. The normalized spacial score (nSPS) is 14.6. The molecule has 2 unspecified atom stereocenters. The molecule has 4 nitrogen and oxygen atoms in total. The van der Waals surface area contributed by atoms with Gasteiger partial charge in [0, 0.05) is 6.08 Å². The van der Waals surface area contributed by atoms with Gasteiger partial charge < -0.3 is 14.9 Å². The van der Waals surface area contributed by atoms with Crippen LogP contribution in [0, 0.1) is 0 Å². The summed E-state index contributed by atoms with van der Waals surface area (Å²) in [5.74, 6) is -0.354. The number of carbonyl (C=O) groups excluding carboxylic acids is 1. The Bertz CT molecular complexity index is 399. The lowest BCUT2D eigenvalue weighted by Crippen LogP contribution is -2.25. The van der Waals surface area contributed by atoms with Crippen LogP contribution >= 0.6 is 0 Å². The molecule has 0 saturated carbocycles. The molecule has 0 amide bonds. The fourth-order valence-corrected chi connectivity index (χ4v) is 2.46. The summed E-state index contributed by atoms with van der Waals surface area (Å²) < 4.78 is 4.48. The van der Waals surface area contributed by atoms with E-state index in [1.54, 1.807) is 12.2 Å². The smallest absolute Gasteiger partial charge is 0.330 e. The van der Waals surface area contributed by atoms with Crippen LogP contribution in [0.5, 0.6) is 0 Å². The third kappa shape index (κ3) is 15.9. The highest BCUT2D eigenvalue weighted by Gasteiger charge is 2.14. The lowest BCUT2D eigenvalue weighted by molar-refractivity contribution is -0.134. The first kappa shape index (κ1) is 23.6. The summed E-state index contributed by atoms with van der Waals surface area (Å²) in [7, 11) is 1.35. The van der Waals surface area contributed by atoms with E-state index in [-0.39, 0.29) is 5.97 Å². The summed E-state index contributed by atoms with van der Waals surface area (Å²) >= 11 is 0. The van der Waals surface area contributed by atoms with E-state index in [2.05, 4.69) is 17.7 Å². The first-order chi connectivity index (χ1) is 12.1. The van der Waals surface area contributed by atoms with Crippen molar-refractivity contribution in [2.75, 3.05) is 7.11 Å². The lowest BCUT2D eigenvalue weighted by Gasteiger charge is -2.17. The standard InChI is InChI=1S/C21H36O4/c1-3-4-13-16-19(22)20(23)17-14-11-9-7-5-6-8-10-12-15-18-21(24)25-2/h6,8,10,12,15,18-20,22-23H,3-5,7,9,11,13-14,16-17H2,1-2H3/b8-6+,12-10+,18-15+. The third-order valence-electron chi connectivity index (χ3n) is 4.07. The van der Waals surface area contributed by atoms with Gasteiger partial charge in [0.1, 0.15) is 0 Å². The molecule has 0 aliphatic rings. The van der Waals surface area contributed by atoms with E-state index in [1.807, 2.05) is 12.2 Å². The molecule has 0 saturated heterocycles. The fourth-order valence-electron chi connectivity index (χ4n) is 2.46. The van der Waals surface area contributed by atoms with Gasteiger partial charge in [-0.1, -0.05) is 75.8 Å². The predicted molar refractivity (Wildman–Crippen MR) is 103 cm³/mol. The number of esters is 1. The zero-order valence-electron chi connectivity index (χ0n) is 15.9. The van der Waals surface area contributed by atoms with E-state index in [9.17, 15) is 15.0 Å². The molecule has 25 heavy (non-hydrogen) atoms. The van der Waals surface area contributed by atoms with Crippen LogP contribution in [0.1, 0.15) is 71.1 Å². The zero-order valence-corrected chi connectivity index (χ0v) is 15.9. The van der Waals surface area contributed by atoms with E-state index in [4.69, 9.17) is 0 Å². The number of aliphatic hydroxyl groups excluding tert-OH is 2. The maximum absolute atomic E-state index is 10.8. The van der Waals surface area contributed by atoms with Crippen molar-refractivity contribution in [3.63, 3.8) is 0 Å². The third-order valence-corrected chi connectivity index (χ3v) is 4.07. The Kier molecular flexibility index (Phi) is 16.5. The van der Waals surface area contributed by atoms with Crippen LogP contribution in [0.3, 0.4) is 0 Å². The molecule has 0 rings (SSSR count). The first-order valence-electron chi connectivity index (χ1n) is 9.55. The summed E-state index contributed by atoms with van der Waals surface area (Å²) in [5.41, 5.74) is 0. The van der Waals surface area contributed by atoms with Crippen LogP contribution in [0.15, 0.2) is 36.5 Å². The van der Waals surface area contributed by atoms with Gasteiger partial charge in [-0.2, -0.15) is 0 Å². The molecular formula is C21H36O4. The Morgan fingerprint density at radius 3 is 2.12 bits per heavy atom. The van der Waals surface area contributed by atoms with Gasteiger partial charge in [-0.25, -0.2) is 4.79 Å². The molecule has 0 fully saturated rings. The Morgan fingerprint density at radius 1 is 0.880 bits per heavy atom. The fraction of sp³-hybridized carbons (Fsp3) is 0.667. The second kappa shape index (κ2) is 17.4. The van der Waals surface area contributed by atoms with Gasteiger partial charge in [0.05, 0.1) is 19.3 Å². The summed E-state index contributed by atoms with van der Waals surface area (Å²) in [6.45, 7) is 2.14. The van der Waals surface area contributed by atoms with Crippen LogP contribution in [-0.2, 0) is 9.53 Å². The van der Waals surface area contributed by atoms with E-state index in [1.165, 1.54) is 13.2 Å². The molecule has 0 spiro atoms. The van der Waals surface area contributed by atoms with Gasteiger partial charge in [0.25, 0.3) is 0 Å². The number of allylic oxidation sites excluding steroid dienone is 5. The molecule has 144 valence electrons. The Labute approximate surface area is 153 Å². The van der Waals surface area contributed by atoms with Crippen LogP contribution < -0.4 is 0 Å². The van der Waals surface area contributed by atoms with Crippen molar-refractivity contribution >= 4 is 5.97 Å². The van der Waals surface area contributed by atoms with E-state index < -0.39 is 12.2 Å². The highest BCUT2D eigenvalue weighted by atomic mass is 16.5. The van der Waals surface area contributed by atoms with Crippen molar-refractivity contribution in [2.45, 2.75) is 83.3 Å². The zero-order chi connectivity index (χ0) is 18.8. The number of aliphatic hydroxyl groups is 2. The quantitative estimate of drug-likeness (QED) is 0.197. The molecule has 0 aromatic heterocycles. The lowest BCUT2D eigenvalue weighted by atomic mass is 10.0. The van der Waals surface area contributed by atoms with Gasteiger partial charge in [0.2, 0.25) is 0 Å². The maximum atomic E-state index is 10.8. The second-order valence-corrected chi connectivity index (χ2v) is 6.32. The van der Waals surface area contributed by atoms with E-state index in [0.29, 0.717) is 12.8 Å². The molecule has 4 heteroatoms. The molecule has 0 aromatic carbocycles. The van der Waals surface area contributed by atoms with Crippen LogP contribution in [0.25, 0.3) is 0 Å².